The summed E-state index contributed by atoms with van der Waals surface area (Å²) in [6.45, 7) is 6.69. The van der Waals surface area contributed by atoms with Crippen molar-refractivity contribution in [1.82, 2.24) is 0 Å². The largest absolute Gasteiger partial charge is 0.0622 e. The van der Waals surface area contributed by atoms with Gasteiger partial charge in [0.15, 0.2) is 0 Å². The maximum atomic E-state index is 2.33. The molecule has 0 amide bonds. The van der Waals surface area contributed by atoms with Crippen LogP contribution in [0.3, 0.4) is 0 Å². The summed E-state index contributed by atoms with van der Waals surface area (Å²) in [7, 11) is 0. The number of benzene rings is 2. The molecule has 1 atom stereocenters. The number of hydrogen-bond acceptors (Lipinski definition) is 0. The Bertz CT molecular complexity index is 483. The first-order valence-electron chi connectivity index (χ1n) is 6.36. The van der Waals surface area contributed by atoms with E-state index in [1.807, 2.05) is 0 Å². The van der Waals surface area contributed by atoms with Crippen molar-refractivity contribution < 1.29 is 0 Å². The molecule has 0 radical (unpaired) electrons. The molecule has 0 heterocycles. The molecular formula is C17H20. The third kappa shape index (κ3) is 2.58. The minimum absolute atomic E-state index is 0.473. The van der Waals surface area contributed by atoms with Crippen LogP contribution in [0.25, 0.3) is 0 Å². The Kier molecular flexibility index (Phi) is 3.63. The molecule has 0 heteroatoms. The SMILES string of the molecule is CCc1ccc(C(C)c2ccccc2)cc1C. The van der Waals surface area contributed by atoms with Gasteiger partial charge in [-0.05, 0) is 35.6 Å². The summed E-state index contributed by atoms with van der Waals surface area (Å²) >= 11 is 0. The first-order chi connectivity index (χ1) is 8.22. The molecule has 1 unspecified atom stereocenters. The van der Waals surface area contributed by atoms with E-state index in [9.17, 15) is 0 Å². The van der Waals surface area contributed by atoms with Crippen LogP contribution in [0.2, 0.25) is 0 Å². The van der Waals surface area contributed by atoms with Crippen LogP contribution in [-0.2, 0) is 6.42 Å². The van der Waals surface area contributed by atoms with Crippen molar-refractivity contribution in [2.24, 2.45) is 0 Å². The van der Waals surface area contributed by atoms with Crippen LogP contribution in [-0.4, -0.2) is 0 Å². The maximum absolute atomic E-state index is 2.33. The van der Waals surface area contributed by atoms with Gasteiger partial charge in [0.25, 0.3) is 0 Å². The fourth-order valence-corrected chi connectivity index (χ4v) is 2.32. The Morgan fingerprint density at radius 2 is 1.65 bits per heavy atom. The van der Waals surface area contributed by atoms with Crippen LogP contribution in [0, 0.1) is 6.92 Å². The molecular weight excluding hydrogens is 204 g/mol. The quantitative estimate of drug-likeness (QED) is 0.708. The fraction of sp³-hybridized carbons (Fsp3) is 0.294. The van der Waals surface area contributed by atoms with Crippen molar-refractivity contribution in [3.63, 3.8) is 0 Å². The first kappa shape index (κ1) is 11.9. The second-order valence-corrected chi connectivity index (χ2v) is 4.67. The van der Waals surface area contributed by atoms with Gasteiger partial charge in [0.2, 0.25) is 0 Å². The summed E-state index contributed by atoms with van der Waals surface area (Å²) in [6.07, 6.45) is 1.12. The van der Waals surface area contributed by atoms with Crippen molar-refractivity contribution >= 4 is 0 Å². The zero-order valence-corrected chi connectivity index (χ0v) is 10.9. The average Bonchev–Trinajstić information content (AvgIpc) is 2.39. The van der Waals surface area contributed by atoms with Crippen molar-refractivity contribution in [2.45, 2.75) is 33.1 Å². The Morgan fingerprint density at radius 3 is 2.24 bits per heavy atom. The van der Waals surface area contributed by atoms with Gasteiger partial charge in [0.1, 0.15) is 0 Å². The lowest BCUT2D eigenvalue weighted by Gasteiger charge is -2.14. The molecule has 0 saturated carbocycles. The molecule has 2 aromatic carbocycles. The van der Waals surface area contributed by atoms with Gasteiger partial charge >= 0.3 is 0 Å². The minimum Gasteiger partial charge on any atom is -0.0622 e. The van der Waals surface area contributed by atoms with Gasteiger partial charge in [-0.2, -0.15) is 0 Å². The van der Waals surface area contributed by atoms with E-state index in [0.29, 0.717) is 5.92 Å². The number of aryl methyl sites for hydroxylation is 2. The Labute approximate surface area is 104 Å². The normalized spacial score (nSPS) is 12.4. The second-order valence-electron chi connectivity index (χ2n) is 4.67. The van der Waals surface area contributed by atoms with Gasteiger partial charge < -0.3 is 0 Å². The van der Waals surface area contributed by atoms with Crippen LogP contribution < -0.4 is 0 Å². The molecule has 0 aliphatic heterocycles. The highest BCUT2D eigenvalue weighted by molar-refractivity contribution is 5.37. The maximum Gasteiger partial charge on any atom is 0.00611 e. The zero-order valence-electron chi connectivity index (χ0n) is 10.9. The Hall–Kier alpha value is -1.56. The van der Waals surface area contributed by atoms with Crippen molar-refractivity contribution in [3.8, 4) is 0 Å². The fourth-order valence-electron chi connectivity index (χ4n) is 2.32. The number of rotatable bonds is 3. The highest BCUT2D eigenvalue weighted by Gasteiger charge is 2.08. The summed E-state index contributed by atoms with van der Waals surface area (Å²) in [6, 6.07) is 17.6. The van der Waals surface area contributed by atoms with E-state index >= 15 is 0 Å². The Balaban J connectivity index is 2.32. The van der Waals surface area contributed by atoms with Gasteiger partial charge in [0.05, 0.1) is 0 Å². The van der Waals surface area contributed by atoms with Gasteiger partial charge in [0, 0.05) is 5.92 Å². The summed E-state index contributed by atoms with van der Waals surface area (Å²) in [5.74, 6) is 0.473. The third-order valence-corrected chi connectivity index (χ3v) is 3.55. The van der Waals surface area contributed by atoms with Crippen molar-refractivity contribution in [2.75, 3.05) is 0 Å². The van der Waals surface area contributed by atoms with Crippen LogP contribution >= 0.6 is 0 Å². The molecule has 88 valence electrons. The van der Waals surface area contributed by atoms with E-state index in [1.165, 1.54) is 22.3 Å². The summed E-state index contributed by atoms with van der Waals surface area (Å²) < 4.78 is 0. The smallest absolute Gasteiger partial charge is 0.00611 e. The molecule has 0 aliphatic rings. The second kappa shape index (κ2) is 5.18. The summed E-state index contributed by atoms with van der Waals surface area (Å²) in [4.78, 5) is 0. The van der Waals surface area contributed by atoms with Crippen LogP contribution in [0.1, 0.15) is 42.0 Å². The molecule has 0 saturated heterocycles. The average molecular weight is 224 g/mol. The molecule has 2 aromatic rings. The van der Waals surface area contributed by atoms with E-state index in [-0.39, 0.29) is 0 Å². The van der Waals surface area contributed by atoms with Gasteiger partial charge in [-0.15, -0.1) is 0 Å². The van der Waals surface area contributed by atoms with Gasteiger partial charge in [-0.1, -0.05) is 62.4 Å². The molecule has 0 bridgehead atoms. The van der Waals surface area contributed by atoms with Gasteiger partial charge in [-0.3, -0.25) is 0 Å². The molecule has 17 heavy (non-hydrogen) atoms. The monoisotopic (exact) mass is 224 g/mol. The molecule has 0 spiro atoms. The predicted molar refractivity (Wildman–Crippen MR) is 74.5 cm³/mol. The van der Waals surface area contributed by atoms with E-state index in [0.717, 1.165) is 6.42 Å². The molecule has 2 rings (SSSR count). The van der Waals surface area contributed by atoms with Crippen molar-refractivity contribution in [3.05, 3.63) is 70.8 Å². The molecule has 0 fully saturated rings. The lowest BCUT2D eigenvalue weighted by Crippen LogP contribution is -1.97. The van der Waals surface area contributed by atoms with Crippen LogP contribution in [0.5, 0.6) is 0 Å². The third-order valence-electron chi connectivity index (χ3n) is 3.55. The minimum atomic E-state index is 0.473. The summed E-state index contributed by atoms with van der Waals surface area (Å²) in [5, 5.41) is 0. The van der Waals surface area contributed by atoms with E-state index in [1.54, 1.807) is 0 Å². The first-order valence-corrected chi connectivity index (χ1v) is 6.36. The molecule has 0 aliphatic carbocycles. The van der Waals surface area contributed by atoms with Crippen LogP contribution in [0.4, 0.5) is 0 Å². The Morgan fingerprint density at radius 1 is 0.941 bits per heavy atom. The molecule has 0 aromatic heterocycles. The highest BCUT2D eigenvalue weighted by atomic mass is 14.1. The topological polar surface area (TPSA) is 0 Å². The lowest BCUT2D eigenvalue weighted by atomic mass is 9.90. The standard InChI is InChI=1S/C17H20/c1-4-15-10-11-17(12-13(15)2)14(3)16-8-6-5-7-9-16/h5-12,14H,4H2,1-3H3. The van der Waals surface area contributed by atoms with E-state index in [2.05, 4.69) is 69.3 Å². The predicted octanol–water partition coefficient (Wildman–Crippen LogP) is 4.71. The van der Waals surface area contributed by atoms with Crippen molar-refractivity contribution in [1.29, 1.82) is 0 Å². The van der Waals surface area contributed by atoms with E-state index in [4.69, 9.17) is 0 Å². The molecule has 0 N–H and O–H groups in total. The number of hydrogen-bond donors (Lipinski definition) is 0. The lowest BCUT2D eigenvalue weighted by molar-refractivity contribution is 0.916. The summed E-state index contributed by atoms with van der Waals surface area (Å²) in [5.41, 5.74) is 5.66. The highest BCUT2D eigenvalue weighted by Crippen LogP contribution is 2.25. The van der Waals surface area contributed by atoms with Gasteiger partial charge in [-0.25, -0.2) is 0 Å². The van der Waals surface area contributed by atoms with Crippen LogP contribution in [0.15, 0.2) is 48.5 Å². The zero-order chi connectivity index (χ0) is 12.3. The molecule has 0 nitrogen and oxygen atoms in total. The van der Waals surface area contributed by atoms with E-state index < -0.39 is 0 Å².